The first-order valence-electron chi connectivity index (χ1n) is 3.56. The van der Waals surface area contributed by atoms with Crippen LogP contribution in [0, 0.1) is 5.82 Å². The van der Waals surface area contributed by atoms with Gasteiger partial charge in [0, 0.05) is 6.07 Å². The maximum atomic E-state index is 12.9. The Balaban J connectivity index is 2.49. The fourth-order valence-electron chi connectivity index (χ4n) is 1.08. The van der Waals surface area contributed by atoms with Gasteiger partial charge < -0.3 is 9.47 Å². The van der Waals surface area contributed by atoms with E-state index in [0.717, 1.165) is 6.07 Å². The summed E-state index contributed by atoms with van der Waals surface area (Å²) in [5.74, 6) is -1.70. The van der Waals surface area contributed by atoms with Crippen molar-refractivity contribution in [2.45, 2.75) is 6.29 Å². The molecule has 1 aromatic rings. The van der Waals surface area contributed by atoms with E-state index in [1.165, 1.54) is 0 Å². The maximum Gasteiger partial charge on any atom is 0.586 e. The first-order valence-corrected chi connectivity index (χ1v) is 3.56. The van der Waals surface area contributed by atoms with E-state index in [-0.39, 0.29) is 17.6 Å². The number of carbonyl (C=O) groups excluding carboxylic acids is 1. The smallest absolute Gasteiger partial charge is 0.395 e. The minimum Gasteiger partial charge on any atom is -0.395 e. The van der Waals surface area contributed by atoms with Crippen LogP contribution >= 0.6 is 0 Å². The third-order valence-corrected chi connectivity index (χ3v) is 1.65. The van der Waals surface area contributed by atoms with Gasteiger partial charge in [-0.1, -0.05) is 0 Å². The third kappa shape index (κ3) is 1.28. The number of halogens is 3. The summed E-state index contributed by atoms with van der Waals surface area (Å²) in [6, 6.07) is 1.54. The molecule has 0 unspecified atom stereocenters. The average molecular weight is 204 g/mol. The van der Waals surface area contributed by atoms with Gasteiger partial charge in [-0.3, -0.25) is 4.79 Å². The Bertz CT molecular complexity index is 403. The number of rotatable bonds is 1. The van der Waals surface area contributed by atoms with Gasteiger partial charge in [0.05, 0.1) is 5.56 Å². The molecule has 0 bridgehead atoms. The zero-order valence-corrected chi connectivity index (χ0v) is 6.59. The largest absolute Gasteiger partial charge is 0.586 e. The lowest BCUT2D eigenvalue weighted by Gasteiger charge is -2.04. The Morgan fingerprint density at radius 3 is 2.36 bits per heavy atom. The molecule has 2 rings (SSSR count). The van der Waals surface area contributed by atoms with Gasteiger partial charge in [0.1, 0.15) is 5.82 Å². The molecule has 0 N–H and O–H groups in total. The van der Waals surface area contributed by atoms with Crippen LogP contribution in [0.25, 0.3) is 0 Å². The number of aldehydes is 1. The molecule has 6 heteroatoms. The highest BCUT2D eigenvalue weighted by molar-refractivity contribution is 5.77. The van der Waals surface area contributed by atoms with Gasteiger partial charge in [-0.2, -0.15) is 0 Å². The summed E-state index contributed by atoms with van der Waals surface area (Å²) in [6.07, 6.45) is -3.59. The van der Waals surface area contributed by atoms with Crippen molar-refractivity contribution < 1.29 is 27.4 Å². The fraction of sp³-hybridized carbons (Fsp3) is 0.125. The second-order valence-electron chi connectivity index (χ2n) is 2.61. The van der Waals surface area contributed by atoms with Crippen LogP contribution in [0.15, 0.2) is 12.1 Å². The first kappa shape index (κ1) is 8.86. The lowest BCUT2D eigenvalue weighted by atomic mass is 10.2. The molecule has 1 aromatic carbocycles. The predicted molar refractivity (Wildman–Crippen MR) is 38.0 cm³/mol. The number of carbonyl (C=O) groups is 1. The summed E-state index contributed by atoms with van der Waals surface area (Å²) in [4.78, 5) is 10.3. The van der Waals surface area contributed by atoms with Gasteiger partial charge in [-0.25, -0.2) is 4.39 Å². The molecule has 3 nitrogen and oxygen atoms in total. The second kappa shape index (κ2) is 2.63. The molecular weight excluding hydrogens is 201 g/mol. The van der Waals surface area contributed by atoms with Crippen molar-refractivity contribution in [3.8, 4) is 11.5 Å². The molecule has 0 amide bonds. The Morgan fingerprint density at radius 2 is 1.79 bits per heavy atom. The summed E-state index contributed by atoms with van der Waals surface area (Å²) in [5, 5.41) is 0. The van der Waals surface area contributed by atoms with E-state index in [0.29, 0.717) is 6.07 Å². The van der Waals surface area contributed by atoms with Crippen molar-refractivity contribution >= 4 is 6.29 Å². The van der Waals surface area contributed by atoms with Crippen LogP contribution in [0.5, 0.6) is 11.5 Å². The van der Waals surface area contributed by atoms with Crippen LogP contribution in [0.2, 0.25) is 0 Å². The Hall–Kier alpha value is -1.72. The van der Waals surface area contributed by atoms with Gasteiger partial charge in [0.25, 0.3) is 0 Å². The standard InChI is InChI=1S/C8H3F3O3/c9-5-2-7-6(1-4(5)3-12)13-8(10,11)14-7/h1-3H. The zero-order valence-electron chi connectivity index (χ0n) is 6.59. The minimum absolute atomic E-state index is 0.204. The molecule has 0 aliphatic carbocycles. The third-order valence-electron chi connectivity index (χ3n) is 1.65. The van der Waals surface area contributed by atoms with Gasteiger partial charge in [0.15, 0.2) is 17.8 Å². The quantitative estimate of drug-likeness (QED) is 0.656. The highest BCUT2D eigenvalue weighted by Crippen LogP contribution is 2.41. The van der Waals surface area contributed by atoms with E-state index in [2.05, 4.69) is 9.47 Å². The van der Waals surface area contributed by atoms with Crippen LogP contribution in [0.1, 0.15) is 10.4 Å². The van der Waals surface area contributed by atoms with E-state index in [1.807, 2.05) is 0 Å². The van der Waals surface area contributed by atoms with Crippen LogP contribution in [0.3, 0.4) is 0 Å². The SMILES string of the molecule is O=Cc1cc2c(cc1F)OC(F)(F)O2. The van der Waals surface area contributed by atoms with Crippen molar-refractivity contribution in [2.75, 3.05) is 0 Å². The normalized spacial score (nSPS) is 16.8. The van der Waals surface area contributed by atoms with E-state index >= 15 is 0 Å². The summed E-state index contributed by atoms with van der Waals surface area (Å²) < 4.78 is 45.8. The van der Waals surface area contributed by atoms with Crippen LogP contribution < -0.4 is 9.47 Å². The van der Waals surface area contributed by atoms with Gasteiger partial charge >= 0.3 is 6.29 Å². The second-order valence-corrected chi connectivity index (χ2v) is 2.61. The average Bonchev–Trinajstić information content (AvgIpc) is 2.36. The molecule has 0 atom stereocenters. The molecule has 1 aliphatic rings. The van der Waals surface area contributed by atoms with E-state index in [1.54, 1.807) is 0 Å². The lowest BCUT2D eigenvalue weighted by Crippen LogP contribution is -2.25. The molecule has 1 aliphatic heterocycles. The molecule has 0 aromatic heterocycles. The predicted octanol–water partition coefficient (Wildman–Crippen LogP) is 1.96. The monoisotopic (exact) mass is 204 g/mol. The fourth-order valence-corrected chi connectivity index (χ4v) is 1.08. The summed E-state index contributed by atoms with van der Waals surface area (Å²) >= 11 is 0. The van der Waals surface area contributed by atoms with Crippen LogP contribution in [-0.4, -0.2) is 12.6 Å². The Morgan fingerprint density at radius 1 is 1.21 bits per heavy atom. The molecule has 14 heavy (non-hydrogen) atoms. The van der Waals surface area contributed by atoms with E-state index in [9.17, 15) is 18.0 Å². The summed E-state index contributed by atoms with van der Waals surface area (Å²) in [5.41, 5.74) is -0.356. The molecule has 0 saturated carbocycles. The minimum atomic E-state index is -3.80. The Kier molecular flexibility index (Phi) is 1.67. The molecule has 0 spiro atoms. The van der Waals surface area contributed by atoms with Crippen molar-refractivity contribution in [3.05, 3.63) is 23.5 Å². The molecule has 1 heterocycles. The van der Waals surface area contributed by atoms with Gasteiger partial charge in [-0.05, 0) is 6.07 Å². The Labute approximate surface area is 76.0 Å². The van der Waals surface area contributed by atoms with Crippen molar-refractivity contribution in [1.82, 2.24) is 0 Å². The zero-order chi connectivity index (χ0) is 10.3. The number of hydrogen-bond donors (Lipinski definition) is 0. The highest BCUT2D eigenvalue weighted by Gasteiger charge is 2.43. The number of hydrogen-bond acceptors (Lipinski definition) is 3. The number of benzene rings is 1. The van der Waals surface area contributed by atoms with E-state index in [4.69, 9.17) is 0 Å². The molecule has 74 valence electrons. The van der Waals surface area contributed by atoms with Crippen molar-refractivity contribution in [2.24, 2.45) is 0 Å². The van der Waals surface area contributed by atoms with Crippen molar-refractivity contribution in [1.29, 1.82) is 0 Å². The van der Waals surface area contributed by atoms with Crippen LogP contribution in [-0.2, 0) is 0 Å². The van der Waals surface area contributed by atoms with E-state index < -0.39 is 17.9 Å². The molecule has 0 saturated heterocycles. The van der Waals surface area contributed by atoms with Crippen LogP contribution in [0.4, 0.5) is 13.2 Å². The van der Waals surface area contributed by atoms with Crippen molar-refractivity contribution in [3.63, 3.8) is 0 Å². The first-order chi connectivity index (χ1) is 6.52. The number of ether oxygens (including phenoxy) is 2. The highest BCUT2D eigenvalue weighted by atomic mass is 19.3. The summed E-state index contributed by atoms with van der Waals surface area (Å²) in [7, 11) is 0. The molecule has 0 fully saturated rings. The maximum absolute atomic E-state index is 12.9. The molecular formula is C8H3F3O3. The molecule has 0 radical (unpaired) electrons. The number of alkyl halides is 2. The number of fused-ring (bicyclic) bond motifs is 1. The summed E-state index contributed by atoms with van der Waals surface area (Å²) in [6.45, 7) is 0. The van der Waals surface area contributed by atoms with Gasteiger partial charge in [-0.15, -0.1) is 8.78 Å². The topological polar surface area (TPSA) is 35.5 Å². The lowest BCUT2D eigenvalue weighted by molar-refractivity contribution is -0.286. The van der Waals surface area contributed by atoms with Gasteiger partial charge in [0.2, 0.25) is 0 Å².